The van der Waals surface area contributed by atoms with Crippen LogP contribution in [0.1, 0.15) is 67.2 Å². The summed E-state index contributed by atoms with van der Waals surface area (Å²) >= 11 is 0. The van der Waals surface area contributed by atoms with Crippen molar-refractivity contribution in [3.05, 3.63) is 77.9 Å². The molecular weight excluding hydrogens is 304 g/mol. The average molecular weight is 335 g/mol. The number of methoxy groups -OCH3 is 1. The number of hydrogen-bond donors (Lipinski definition) is 0. The van der Waals surface area contributed by atoms with E-state index in [4.69, 9.17) is 4.74 Å². The van der Waals surface area contributed by atoms with Gasteiger partial charge in [-0.05, 0) is 67.1 Å². The molecule has 0 radical (unpaired) electrons. The Kier molecular flexibility index (Phi) is 6.47. The van der Waals surface area contributed by atoms with Gasteiger partial charge in [0.25, 0.3) is 0 Å². The predicted octanol–water partition coefficient (Wildman–Crippen LogP) is 6.77. The number of rotatable bonds is 7. The van der Waals surface area contributed by atoms with Gasteiger partial charge < -0.3 is 4.74 Å². The van der Waals surface area contributed by atoms with Crippen molar-refractivity contribution in [2.45, 2.75) is 50.5 Å². The Morgan fingerprint density at radius 3 is 2.28 bits per heavy atom. The Labute approximate surface area is 152 Å². The van der Waals surface area contributed by atoms with Crippen LogP contribution in [0, 0.1) is 5.92 Å². The number of hydrogen-bond acceptors (Lipinski definition) is 1. The molecule has 2 aromatic rings. The molecule has 1 atom stereocenters. The Bertz CT molecular complexity index is 636. The van der Waals surface area contributed by atoms with Crippen molar-refractivity contribution in [1.29, 1.82) is 0 Å². The van der Waals surface area contributed by atoms with Gasteiger partial charge in [0, 0.05) is 7.11 Å². The molecular formula is C24H30O. The van der Waals surface area contributed by atoms with Crippen molar-refractivity contribution < 1.29 is 4.74 Å². The topological polar surface area (TPSA) is 9.23 Å². The fourth-order valence-electron chi connectivity index (χ4n) is 4.16. The van der Waals surface area contributed by atoms with Crippen molar-refractivity contribution in [2.75, 3.05) is 7.11 Å². The zero-order valence-corrected chi connectivity index (χ0v) is 15.4. The molecule has 0 bridgehead atoms. The highest BCUT2D eigenvalue weighted by atomic mass is 16.5. The van der Waals surface area contributed by atoms with E-state index < -0.39 is 0 Å². The highest BCUT2D eigenvalue weighted by Gasteiger charge is 2.23. The van der Waals surface area contributed by atoms with Crippen LogP contribution in [0.2, 0.25) is 0 Å². The Morgan fingerprint density at radius 1 is 1.00 bits per heavy atom. The van der Waals surface area contributed by atoms with Gasteiger partial charge in [0.2, 0.25) is 0 Å². The Balaban J connectivity index is 1.48. The highest BCUT2D eigenvalue weighted by molar-refractivity contribution is 5.47. The van der Waals surface area contributed by atoms with E-state index in [9.17, 15) is 0 Å². The van der Waals surface area contributed by atoms with Gasteiger partial charge >= 0.3 is 0 Å². The summed E-state index contributed by atoms with van der Waals surface area (Å²) in [7, 11) is 1.83. The summed E-state index contributed by atoms with van der Waals surface area (Å²) in [4.78, 5) is 0. The van der Waals surface area contributed by atoms with Crippen LogP contribution in [-0.4, -0.2) is 7.11 Å². The molecule has 0 spiro atoms. The zero-order chi connectivity index (χ0) is 17.5. The van der Waals surface area contributed by atoms with Crippen LogP contribution < -0.4 is 0 Å². The van der Waals surface area contributed by atoms with Crippen molar-refractivity contribution in [3.8, 4) is 0 Å². The standard InChI is InChI=1S/C24H30O/c1-3-19-9-14-21(15-10-19)22-16-11-20(12-17-22)13-18-24(25-2)23-7-5-4-6-8-23/h3-10,14-15,20,22,24H,1,11-13,16-18H2,2H3. The van der Waals surface area contributed by atoms with Crippen LogP contribution >= 0.6 is 0 Å². The first-order chi connectivity index (χ1) is 12.3. The lowest BCUT2D eigenvalue weighted by Gasteiger charge is -2.30. The van der Waals surface area contributed by atoms with E-state index in [1.54, 1.807) is 0 Å². The third-order valence-electron chi connectivity index (χ3n) is 5.78. The molecule has 1 unspecified atom stereocenters. The summed E-state index contributed by atoms with van der Waals surface area (Å²) in [5.41, 5.74) is 4.02. The molecule has 3 rings (SSSR count). The van der Waals surface area contributed by atoms with E-state index in [2.05, 4.69) is 61.2 Å². The third kappa shape index (κ3) is 4.83. The van der Waals surface area contributed by atoms with E-state index in [0.717, 1.165) is 18.3 Å². The van der Waals surface area contributed by atoms with Gasteiger partial charge in [0.15, 0.2) is 0 Å². The second-order valence-corrected chi connectivity index (χ2v) is 7.30. The van der Waals surface area contributed by atoms with Gasteiger partial charge in [-0.25, -0.2) is 0 Å². The van der Waals surface area contributed by atoms with Crippen LogP contribution in [-0.2, 0) is 4.74 Å². The largest absolute Gasteiger partial charge is 0.377 e. The lowest BCUT2D eigenvalue weighted by molar-refractivity contribution is 0.0864. The van der Waals surface area contributed by atoms with E-state index in [-0.39, 0.29) is 6.10 Å². The first kappa shape index (κ1) is 17.9. The van der Waals surface area contributed by atoms with Crippen LogP contribution in [0.5, 0.6) is 0 Å². The first-order valence-corrected chi connectivity index (χ1v) is 9.60. The molecule has 0 N–H and O–H groups in total. The molecule has 1 aliphatic carbocycles. The van der Waals surface area contributed by atoms with Gasteiger partial charge in [0.05, 0.1) is 6.10 Å². The molecule has 0 heterocycles. The normalized spacial score (nSPS) is 21.6. The molecule has 1 aliphatic rings. The Hall–Kier alpha value is -1.86. The van der Waals surface area contributed by atoms with Crippen molar-refractivity contribution >= 4 is 6.08 Å². The highest BCUT2D eigenvalue weighted by Crippen LogP contribution is 2.38. The quantitative estimate of drug-likeness (QED) is 0.543. The van der Waals surface area contributed by atoms with Crippen LogP contribution in [0.3, 0.4) is 0 Å². The minimum absolute atomic E-state index is 0.241. The third-order valence-corrected chi connectivity index (χ3v) is 5.78. The number of benzene rings is 2. The summed E-state index contributed by atoms with van der Waals surface area (Å²) in [5, 5.41) is 0. The second-order valence-electron chi connectivity index (χ2n) is 7.30. The lowest BCUT2D eigenvalue weighted by Crippen LogP contribution is -2.14. The van der Waals surface area contributed by atoms with Crippen molar-refractivity contribution in [1.82, 2.24) is 0 Å². The van der Waals surface area contributed by atoms with Gasteiger partial charge in [0.1, 0.15) is 0 Å². The Morgan fingerprint density at radius 2 is 1.68 bits per heavy atom. The molecule has 0 aliphatic heterocycles. The van der Waals surface area contributed by atoms with E-state index in [1.165, 1.54) is 48.8 Å². The maximum atomic E-state index is 5.73. The van der Waals surface area contributed by atoms with Crippen molar-refractivity contribution in [3.63, 3.8) is 0 Å². The van der Waals surface area contributed by atoms with E-state index in [1.807, 2.05) is 13.2 Å². The molecule has 1 nitrogen and oxygen atoms in total. The molecule has 132 valence electrons. The maximum absolute atomic E-state index is 5.73. The minimum atomic E-state index is 0.241. The average Bonchev–Trinajstić information content (AvgIpc) is 2.70. The second kappa shape index (κ2) is 9.01. The zero-order valence-electron chi connectivity index (χ0n) is 15.4. The summed E-state index contributed by atoms with van der Waals surface area (Å²) in [6, 6.07) is 19.6. The molecule has 1 fully saturated rings. The summed E-state index contributed by atoms with van der Waals surface area (Å²) < 4.78 is 5.73. The fourth-order valence-corrected chi connectivity index (χ4v) is 4.16. The molecule has 1 heteroatoms. The summed E-state index contributed by atoms with van der Waals surface area (Å²) in [5.74, 6) is 1.59. The van der Waals surface area contributed by atoms with Crippen LogP contribution in [0.25, 0.3) is 6.08 Å². The minimum Gasteiger partial charge on any atom is -0.377 e. The molecule has 25 heavy (non-hydrogen) atoms. The maximum Gasteiger partial charge on any atom is 0.0821 e. The fraction of sp³-hybridized carbons (Fsp3) is 0.417. The van der Waals surface area contributed by atoms with Gasteiger partial charge in [-0.2, -0.15) is 0 Å². The van der Waals surface area contributed by atoms with Gasteiger partial charge in [-0.1, -0.05) is 67.3 Å². The molecule has 0 aromatic heterocycles. The molecule has 1 saturated carbocycles. The van der Waals surface area contributed by atoms with Gasteiger partial charge in [-0.3, -0.25) is 0 Å². The molecule has 0 saturated heterocycles. The lowest BCUT2D eigenvalue weighted by atomic mass is 9.76. The van der Waals surface area contributed by atoms with Crippen LogP contribution in [0.4, 0.5) is 0 Å². The molecule has 0 amide bonds. The summed E-state index contributed by atoms with van der Waals surface area (Å²) in [6.45, 7) is 3.84. The van der Waals surface area contributed by atoms with Crippen LogP contribution in [0.15, 0.2) is 61.2 Å². The first-order valence-electron chi connectivity index (χ1n) is 9.60. The monoisotopic (exact) mass is 334 g/mol. The summed E-state index contributed by atoms with van der Waals surface area (Å²) in [6.07, 6.45) is 9.89. The van der Waals surface area contributed by atoms with Crippen molar-refractivity contribution in [2.24, 2.45) is 5.92 Å². The van der Waals surface area contributed by atoms with E-state index in [0.29, 0.717) is 0 Å². The number of ether oxygens (including phenoxy) is 1. The van der Waals surface area contributed by atoms with Gasteiger partial charge in [-0.15, -0.1) is 0 Å². The predicted molar refractivity (Wildman–Crippen MR) is 107 cm³/mol. The SMILES string of the molecule is C=Cc1ccc(C2CCC(CCC(OC)c3ccccc3)CC2)cc1. The smallest absolute Gasteiger partial charge is 0.0821 e. The molecule has 2 aromatic carbocycles. The van der Waals surface area contributed by atoms with E-state index >= 15 is 0 Å².